The van der Waals surface area contributed by atoms with Crippen molar-refractivity contribution in [2.75, 3.05) is 0 Å². The highest BCUT2D eigenvalue weighted by Gasteiger charge is 2.45. The Morgan fingerprint density at radius 2 is 2.06 bits per heavy atom. The van der Waals surface area contributed by atoms with Gasteiger partial charge < -0.3 is 5.11 Å². The van der Waals surface area contributed by atoms with Gasteiger partial charge in [-0.1, -0.05) is 0 Å². The lowest BCUT2D eigenvalue weighted by molar-refractivity contribution is -0.142. The molecule has 86 valence electrons. The lowest BCUT2D eigenvalue weighted by atomic mass is 9.84. The summed E-state index contributed by atoms with van der Waals surface area (Å²) in [7, 11) is 0. The van der Waals surface area contributed by atoms with E-state index in [1.807, 2.05) is 0 Å². The maximum absolute atomic E-state index is 13.4. The topological polar surface area (TPSA) is 37.3 Å². The van der Waals surface area contributed by atoms with E-state index >= 15 is 0 Å². The van der Waals surface area contributed by atoms with E-state index in [0.717, 1.165) is 30.3 Å². The molecule has 0 radical (unpaired) electrons. The summed E-state index contributed by atoms with van der Waals surface area (Å²) in [6, 6.07) is 3.20. The van der Waals surface area contributed by atoms with E-state index in [9.17, 15) is 13.6 Å². The zero-order chi connectivity index (χ0) is 11.8. The highest BCUT2D eigenvalue weighted by atomic mass is 32.2. The second-order valence-corrected chi connectivity index (χ2v) is 5.26. The van der Waals surface area contributed by atoms with Gasteiger partial charge in [0.2, 0.25) is 0 Å². The molecule has 0 spiro atoms. The van der Waals surface area contributed by atoms with Gasteiger partial charge in [-0.05, 0) is 31.4 Å². The molecule has 0 heterocycles. The Hall–Kier alpha value is -1.10. The van der Waals surface area contributed by atoms with Gasteiger partial charge in [0.25, 0.3) is 0 Å². The third-order valence-electron chi connectivity index (χ3n) is 2.75. The smallest absolute Gasteiger partial charge is 0.320 e. The summed E-state index contributed by atoms with van der Waals surface area (Å²) < 4.78 is 25.1. The molecule has 0 unspecified atom stereocenters. The Bertz CT molecular complexity index is 430. The summed E-state index contributed by atoms with van der Waals surface area (Å²) in [5.74, 6) is -2.27. The number of hydrogen-bond donors (Lipinski definition) is 1. The molecule has 1 aromatic carbocycles. The van der Waals surface area contributed by atoms with Gasteiger partial charge >= 0.3 is 5.97 Å². The van der Waals surface area contributed by atoms with E-state index < -0.39 is 22.4 Å². The molecule has 0 atom stereocenters. The van der Waals surface area contributed by atoms with Crippen molar-refractivity contribution in [3.05, 3.63) is 29.8 Å². The first-order valence-corrected chi connectivity index (χ1v) is 5.73. The molecule has 1 aliphatic carbocycles. The number of carboxylic acid groups (broad SMARTS) is 1. The Balaban J connectivity index is 2.23. The van der Waals surface area contributed by atoms with E-state index in [4.69, 9.17) is 5.11 Å². The third-order valence-corrected chi connectivity index (χ3v) is 4.27. The Labute approximate surface area is 95.7 Å². The van der Waals surface area contributed by atoms with Crippen molar-refractivity contribution in [3.63, 3.8) is 0 Å². The van der Waals surface area contributed by atoms with Gasteiger partial charge in [-0.25, -0.2) is 8.78 Å². The molecule has 16 heavy (non-hydrogen) atoms. The van der Waals surface area contributed by atoms with Gasteiger partial charge in [0.05, 0.1) is 0 Å². The first-order valence-electron chi connectivity index (χ1n) is 4.91. The molecule has 0 amide bonds. The minimum Gasteiger partial charge on any atom is -0.480 e. The largest absolute Gasteiger partial charge is 0.480 e. The van der Waals surface area contributed by atoms with Crippen molar-refractivity contribution in [2.24, 2.45) is 0 Å². The number of rotatable bonds is 3. The summed E-state index contributed by atoms with van der Waals surface area (Å²) in [6.07, 6.45) is 1.90. The standard InChI is InChI=1S/C11H10F2O2S/c12-7-2-3-9(8(13)6-7)16-11(10(14)15)4-1-5-11/h2-3,6H,1,4-5H2,(H,14,15). The highest BCUT2D eigenvalue weighted by Crippen LogP contribution is 2.48. The van der Waals surface area contributed by atoms with Crippen LogP contribution in [0.3, 0.4) is 0 Å². The number of aliphatic carboxylic acids is 1. The van der Waals surface area contributed by atoms with Crippen molar-refractivity contribution >= 4 is 17.7 Å². The van der Waals surface area contributed by atoms with Gasteiger partial charge in [-0.15, -0.1) is 11.8 Å². The molecule has 1 saturated carbocycles. The van der Waals surface area contributed by atoms with Gasteiger partial charge in [-0.3, -0.25) is 4.79 Å². The zero-order valence-electron chi connectivity index (χ0n) is 8.37. The van der Waals surface area contributed by atoms with Crippen LogP contribution in [-0.2, 0) is 4.79 Å². The number of carboxylic acids is 1. The second-order valence-electron chi connectivity index (χ2n) is 3.83. The molecule has 1 N–H and O–H groups in total. The van der Waals surface area contributed by atoms with Gasteiger partial charge in [0.1, 0.15) is 16.4 Å². The van der Waals surface area contributed by atoms with Crippen LogP contribution in [-0.4, -0.2) is 15.8 Å². The summed E-state index contributed by atoms with van der Waals surface area (Å²) in [6.45, 7) is 0. The van der Waals surface area contributed by atoms with Gasteiger partial charge in [-0.2, -0.15) is 0 Å². The molecule has 0 bridgehead atoms. The first kappa shape index (κ1) is 11.4. The molecule has 0 aromatic heterocycles. The number of carbonyl (C=O) groups is 1. The predicted molar refractivity (Wildman–Crippen MR) is 56.4 cm³/mol. The monoisotopic (exact) mass is 244 g/mol. The van der Waals surface area contributed by atoms with E-state index in [0.29, 0.717) is 12.8 Å². The van der Waals surface area contributed by atoms with E-state index in [1.165, 1.54) is 6.07 Å². The second kappa shape index (κ2) is 4.05. The van der Waals surface area contributed by atoms with Crippen LogP contribution in [0.2, 0.25) is 0 Å². The predicted octanol–water partition coefficient (Wildman–Crippen LogP) is 3.06. The average Bonchev–Trinajstić information content (AvgIpc) is 2.13. The molecular weight excluding hydrogens is 234 g/mol. The normalized spacial score (nSPS) is 17.9. The van der Waals surface area contributed by atoms with Crippen LogP contribution in [0.15, 0.2) is 23.1 Å². The molecule has 1 fully saturated rings. The Morgan fingerprint density at radius 1 is 1.38 bits per heavy atom. The molecule has 1 aromatic rings. The Kier molecular flexibility index (Phi) is 2.88. The molecule has 0 saturated heterocycles. The Morgan fingerprint density at radius 3 is 2.50 bits per heavy atom. The van der Waals surface area contributed by atoms with E-state index in [-0.39, 0.29) is 4.90 Å². The summed E-state index contributed by atoms with van der Waals surface area (Å²) in [5, 5.41) is 9.07. The minimum absolute atomic E-state index is 0.198. The third kappa shape index (κ3) is 1.91. The number of benzene rings is 1. The van der Waals surface area contributed by atoms with E-state index in [2.05, 4.69) is 0 Å². The van der Waals surface area contributed by atoms with Crippen LogP contribution in [0, 0.1) is 11.6 Å². The SMILES string of the molecule is O=C(O)C1(Sc2ccc(F)cc2F)CCC1. The average molecular weight is 244 g/mol. The van der Waals surface area contributed by atoms with Crippen LogP contribution < -0.4 is 0 Å². The van der Waals surface area contributed by atoms with Crippen LogP contribution in [0.5, 0.6) is 0 Å². The summed E-state index contributed by atoms with van der Waals surface area (Å²) in [5.41, 5.74) is 0. The lowest BCUT2D eigenvalue weighted by Crippen LogP contribution is -2.41. The summed E-state index contributed by atoms with van der Waals surface area (Å²) >= 11 is 0.980. The zero-order valence-corrected chi connectivity index (χ0v) is 9.19. The van der Waals surface area contributed by atoms with Crippen molar-refractivity contribution in [3.8, 4) is 0 Å². The van der Waals surface area contributed by atoms with Crippen molar-refractivity contribution in [1.29, 1.82) is 0 Å². The van der Waals surface area contributed by atoms with E-state index in [1.54, 1.807) is 0 Å². The minimum atomic E-state index is -0.924. The van der Waals surface area contributed by atoms with Crippen LogP contribution in [0.25, 0.3) is 0 Å². The molecule has 1 aliphatic rings. The first-order chi connectivity index (χ1) is 7.53. The quantitative estimate of drug-likeness (QED) is 0.887. The molecule has 2 rings (SSSR count). The molecule has 2 nitrogen and oxygen atoms in total. The van der Waals surface area contributed by atoms with Crippen molar-refractivity contribution in [2.45, 2.75) is 28.9 Å². The summed E-state index contributed by atoms with van der Waals surface area (Å²) in [4.78, 5) is 11.3. The maximum atomic E-state index is 13.4. The highest BCUT2D eigenvalue weighted by molar-refractivity contribution is 8.01. The van der Waals surface area contributed by atoms with Crippen LogP contribution >= 0.6 is 11.8 Å². The van der Waals surface area contributed by atoms with Crippen LogP contribution in [0.4, 0.5) is 8.78 Å². The fourth-order valence-electron chi connectivity index (χ4n) is 1.63. The van der Waals surface area contributed by atoms with Crippen LogP contribution in [0.1, 0.15) is 19.3 Å². The molecular formula is C11H10F2O2S. The fourth-order valence-corrected chi connectivity index (χ4v) is 2.92. The molecule has 0 aliphatic heterocycles. The lowest BCUT2D eigenvalue weighted by Gasteiger charge is -2.36. The van der Waals surface area contributed by atoms with Gasteiger partial charge in [0, 0.05) is 11.0 Å². The number of thioether (sulfide) groups is 1. The van der Waals surface area contributed by atoms with Crippen molar-refractivity contribution in [1.82, 2.24) is 0 Å². The fraction of sp³-hybridized carbons (Fsp3) is 0.364. The maximum Gasteiger partial charge on any atom is 0.320 e. The molecule has 5 heteroatoms. The van der Waals surface area contributed by atoms with Crippen molar-refractivity contribution < 1.29 is 18.7 Å². The number of hydrogen-bond acceptors (Lipinski definition) is 2. The van der Waals surface area contributed by atoms with Gasteiger partial charge in [0.15, 0.2) is 0 Å². The number of halogens is 2.